The maximum Gasteiger partial charge on any atom is 0.218 e. The molecule has 4 aliphatic carbocycles. The summed E-state index contributed by atoms with van der Waals surface area (Å²) in [4.78, 5) is 0. The number of nitrogens with zero attached hydrogens (tertiary/aromatic N) is 4. The average Bonchev–Trinajstić information content (AvgIpc) is 0.788. The fourth-order valence-corrected chi connectivity index (χ4v) is 27.6. The maximum absolute atomic E-state index is 14.1. The van der Waals surface area contributed by atoms with E-state index in [0.717, 1.165) is 168 Å². The first kappa shape index (κ1) is 102. The average molecular weight is 1830 g/mol. The standard InChI is InChI=1S/4C26H35NO4S/c4*1-5-7-20(2)26(23-8-6-9-23)32(28,29)27(18-21-10-14-24(30-3)15-11-21)19-22-12-16-25(31-4)17-13-22/h4*5,10-17,20,23,26H,1,6-9,18-19H2,2-4H3/t2*20-,26+;2*20-,26-/m1010/s1. The van der Waals surface area contributed by atoms with Crippen LogP contribution in [0.3, 0.4) is 0 Å². The lowest BCUT2D eigenvalue weighted by molar-refractivity contribution is 0.247. The van der Waals surface area contributed by atoms with Crippen LogP contribution in [0.4, 0.5) is 0 Å². The van der Waals surface area contributed by atoms with Crippen molar-refractivity contribution < 1.29 is 71.6 Å². The van der Waals surface area contributed by atoms with Gasteiger partial charge in [0.15, 0.2) is 0 Å². The predicted octanol–water partition coefficient (Wildman–Crippen LogP) is 21.7. The second-order valence-electron chi connectivity index (χ2n) is 34.7. The predicted molar refractivity (Wildman–Crippen MR) is 517 cm³/mol. The van der Waals surface area contributed by atoms with Crippen molar-refractivity contribution in [2.75, 3.05) is 56.9 Å². The smallest absolute Gasteiger partial charge is 0.218 e. The third-order valence-electron chi connectivity index (χ3n) is 25.8. The molecule has 8 aromatic rings. The normalized spacial score (nSPS) is 16.2. The summed E-state index contributed by atoms with van der Waals surface area (Å²) in [5.74, 6) is 6.99. The van der Waals surface area contributed by atoms with E-state index in [1.54, 1.807) is 74.1 Å². The summed E-state index contributed by atoms with van der Waals surface area (Å²) in [5, 5.41) is -1.59. The van der Waals surface area contributed by atoms with E-state index in [1.165, 1.54) is 0 Å². The van der Waals surface area contributed by atoms with Gasteiger partial charge < -0.3 is 37.9 Å². The molecule has 0 aliphatic heterocycles. The van der Waals surface area contributed by atoms with Gasteiger partial charge in [-0.1, -0.05) is 175 Å². The summed E-state index contributed by atoms with van der Waals surface area (Å²) in [7, 11) is -1.20. The Morgan fingerprint density at radius 3 is 0.445 bits per heavy atom. The van der Waals surface area contributed by atoms with Gasteiger partial charge in [0.05, 0.1) is 77.9 Å². The molecule has 0 amide bonds. The summed E-state index contributed by atoms with van der Waals surface area (Å²) in [6.45, 7) is 26.1. The molecule has 0 unspecified atom stereocenters. The first-order valence-corrected chi connectivity index (χ1v) is 51.0. The molecular formula is C104H140N4O16S4. The topological polar surface area (TPSA) is 223 Å². The zero-order valence-electron chi connectivity index (χ0n) is 77.5. The number of sulfonamides is 4. The van der Waals surface area contributed by atoms with Gasteiger partial charge >= 0.3 is 0 Å². The van der Waals surface area contributed by atoms with E-state index in [4.69, 9.17) is 37.9 Å². The Labute approximate surface area is 766 Å². The summed E-state index contributed by atoms with van der Waals surface area (Å²) < 4.78 is 161. The minimum absolute atomic E-state index is 0.0250. The number of allylic oxidation sites excluding steroid dienone is 4. The molecule has 0 N–H and O–H groups in total. The summed E-state index contributed by atoms with van der Waals surface area (Å²) in [6.07, 6.45) is 22.4. The maximum atomic E-state index is 14.1. The van der Waals surface area contributed by atoms with Crippen LogP contribution in [0, 0.1) is 47.3 Å². The number of hydrogen-bond donors (Lipinski definition) is 0. The minimum Gasteiger partial charge on any atom is -0.497 e. The Morgan fingerprint density at radius 2 is 0.359 bits per heavy atom. The van der Waals surface area contributed by atoms with Crippen LogP contribution >= 0.6 is 0 Å². The fourth-order valence-electron chi connectivity index (χ4n) is 17.8. The van der Waals surface area contributed by atoms with Crippen LogP contribution in [-0.2, 0) is 92.5 Å². The van der Waals surface area contributed by atoms with Gasteiger partial charge in [0.25, 0.3) is 0 Å². The number of benzene rings is 8. The van der Waals surface area contributed by atoms with Crippen LogP contribution in [0.5, 0.6) is 46.0 Å². The van der Waals surface area contributed by atoms with Crippen LogP contribution in [0.15, 0.2) is 245 Å². The third-order valence-corrected chi connectivity index (χ3v) is 35.9. The number of methoxy groups -OCH3 is 8. The molecule has 12 rings (SSSR count). The Morgan fingerprint density at radius 1 is 0.242 bits per heavy atom. The molecule has 696 valence electrons. The van der Waals surface area contributed by atoms with Crippen molar-refractivity contribution in [2.45, 2.75) is 204 Å². The third kappa shape index (κ3) is 28.4. The van der Waals surface area contributed by atoms with E-state index >= 15 is 0 Å². The van der Waals surface area contributed by atoms with Crippen LogP contribution < -0.4 is 37.9 Å². The SMILES string of the molecule is C=CC[C@@H](C)[C@@H](C1CCC1)S(=O)(=O)N(Cc1ccc(OC)cc1)Cc1ccc(OC)cc1.C=CC[C@@H](C)[C@H](C1CCC1)S(=O)(=O)N(Cc1ccc(OC)cc1)Cc1ccc(OC)cc1.C=CC[C@H](C)[C@@H](C1CCC1)S(=O)(=O)N(Cc1ccc(OC)cc1)Cc1ccc(OC)cc1.C=CC[C@H](C)[C@H](C1CCC1)S(=O)(=O)N(Cc1ccc(OC)cc1)Cc1ccc(OC)cc1. The molecule has 4 aliphatic rings. The molecule has 128 heavy (non-hydrogen) atoms. The Kier molecular flexibility index (Phi) is 40.2. The molecular weight excluding hydrogens is 1690 g/mol. The van der Waals surface area contributed by atoms with Gasteiger partial charge in [0.2, 0.25) is 40.1 Å². The molecule has 8 aromatic carbocycles. The Balaban J connectivity index is 0.000000193. The zero-order chi connectivity index (χ0) is 92.6. The molecule has 0 aromatic heterocycles. The zero-order valence-corrected chi connectivity index (χ0v) is 80.7. The van der Waals surface area contributed by atoms with Crippen molar-refractivity contribution in [2.24, 2.45) is 47.3 Å². The number of ether oxygens (including phenoxy) is 8. The summed E-state index contributed by atoms with van der Waals surface area (Å²) in [5.41, 5.74) is 7.49. The highest BCUT2D eigenvalue weighted by atomic mass is 32.2. The molecule has 0 spiro atoms. The molecule has 4 saturated carbocycles. The quantitative estimate of drug-likeness (QED) is 0.0323. The lowest BCUT2D eigenvalue weighted by Crippen LogP contribution is -2.46. The van der Waals surface area contributed by atoms with Crippen molar-refractivity contribution in [3.63, 3.8) is 0 Å². The molecule has 24 heteroatoms. The van der Waals surface area contributed by atoms with E-state index in [2.05, 4.69) is 26.3 Å². The van der Waals surface area contributed by atoms with Crippen molar-refractivity contribution in [1.29, 1.82) is 0 Å². The van der Waals surface area contributed by atoms with E-state index in [0.29, 0.717) is 78.0 Å². The van der Waals surface area contributed by atoms with E-state index in [9.17, 15) is 33.7 Å². The van der Waals surface area contributed by atoms with Crippen molar-refractivity contribution >= 4 is 40.1 Å². The molecule has 0 saturated heterocycles. The minimum atomic E-state index is -3.55. The second-order valence-corrected chi connectivity index (χ2v) is 43.0. The van der Waals surface area contributed by atoms with Crippen molar-refractivity contribution in [1.82, 2.24) is 17.2 Å². The number of rotatable bonds is 48. The molecule has 0 bridgehead atoms. The lowest BCUT2D eigenvalue weighted by Gasteiger charge is -2.39. The molecule has 4 fully saturated rings. The van der Waals surface area contributed by atoms with Crippen molar-refractivity contribution in [3.05, 3.63) is 289 Å². The largest absolute Gasteiger partial charge is 0.497 e. The van der Waals surface area contributed by atoms with E-state index in [-0.39, 0.29) is 47.3 Å². The van der Waals surface area contributed by atoms with Crippen LogP contribution in [0.25, 0.3) is 0 Å². The highest BCUT2D eigenvalue weighted by Crippen LogP contribution is 2.45. The lowest BCUT2D eigenvalue weighted by atomic mass is 9.78. The summed E-state index contributed by atoms with van der Waals surface area (Å²) in [6, 6.07) is 60.9. The highest BCUT2D eigenvalue weighted by molar-refractivity contribution is 7.90. The van der Waals surface area contributed by atoms with Gasteiger partial charge in [-0.25, -0.2) is 33.7 Å². The fraction of sp³-hybridized carbons (Fsp3) is 0.462. The first-order valence-electron chi connectivity index (χ1n) is 45.0. The highest BCUT2D eigenvalue weighted by Gasteiger charge is 2.48. The van der Waals surface area contributed by atoms with E-state index in [1.807, 2.05) is 246 Å². The second kappa shape index (κ2) is 50.2. The molecule has 0 radical (unpaired) electrons. The van der Waals surface area contributed by atoms with Gasteiger partial charge in [0.1, 0.15) is 46.0 Å². The molecule has 20 nitrogen and oxygen atoms in total. The monoisotopic (exact) mass is 1830 g/mol. The van der Waals surface area contributed by atoms with Gasteiger partial charge in [-0.2, -0.15) is 17.2 Å². The van der Waals surface area contributed by atoms with Gasteiger partial charge in [-0.15, -0.1) is 26.3 Å². The van der Waals surface area contributed by atoms with Gasteiger partial charge in [-0.05, 0) is 266 Å². The van der Waals surface area contributed by atoms with Gasteiger partial charge in [0, 0.05) is 52.4 Å². The van der Waals surface area contributed by atoms with Crippen LogP contribution in [0.1, 0.15) is 175 Å². The van der Waals surface area contributed by atoms with Crippen molar-refractivity contribution in [3.8, 4) is 46.0 Å². The molecule has 0 heterocycles. The van der Waals surface area contributed by atoms with Crippen LogP contribution in [-0.4, -0.2) is 129 Å². The molecule has 8 atom stereocenters. The van der Waals surface area contributed by atoms with E-state index < -0.39 is 61.1 Å². The first-order chi connectivity index (χ1) is 61.5. The summed E-state index contributed by atoms with van der Waals surface area (Å²) >= 11 is 0. The Bertz CT molecular complexity index is 4320. The van der Waals surface area contributed by atoms with Gasteiger partial charge in [-0.3, -0.25) is 0 Å². The van der Waals surface area contributed by atoms with Crippen LogP contribution in [0.2, 0.25) is 0 Å². The number of hydrogen-bond acceptors (Lipinski definition) is 16. The Hall–Kier alpha value is -9.24.